The number of phosphoric acid groups is 1. The summed E-state index contributed by atoms with van der Waals surface area (Å²) in [6, 6.07) is 0. The molecule has 0 aromatic heterocycles. The Morgan fingerprint density at radius 2 is 1.38 bits per heavy atom. The normalized spacial score (nSPS) is 9.03. The van der Waals surface area contributed by atoms with Crippen molar-refractivity contribution in [3.8, 4) is 71.5 Å². The largest absolute Gasteiger partial charge is 1.00 e. The molecule has 37 heavy (non-hydrogen) atoms. The quantitative estimate of drug-likeness (QED) is 0.0637. The third-order valence-corrected chi connectivity index (χ3v) is 4.05. The van der Waals surface area contributed by atoms with E-state index in [2.05, 4.69) is 70.7 Å². The van der Waals surface area contributed by atoms with Crippen molar-refractivity contribution < 1.29 is 113 Å². The maximum atomic E-state index is 12.0. The predicted molar refractivity (Wildman–Crippen MR) is 148 cm³/mol. The fraction of sp³-hybridized carbons (Fsp3) is 0.440. The number of hydrogen-bond donors (Lipinski definition) is 1. The third-order valence-electron chi connectivity index (χ3n) is 3.59. The summed E-state index contributed by atoms with van der Waals surface area (Å²) in [5, 5.41) is 0. The fourth-order valence-electron chi connectivity index (χ4n) is 2.13. The van der Waals surface area contributed by atoms with Crippen LogP contribution >= 0.6 is 7.82 Å². The van der Waals surface area contributed by atoms with Gasteiger partial charge in [0, 0.05) is 28.0 Å². The van der Waals surface area contributed by atoms with Crippen LogP contribution in [0.25, 0.3) is 0 Å². The number of ether oxygens (including phenoxy) is 2. The van der Waals surface area contributed by atoms with E-state index < -0.39 is 39.1 Å². The molecule has 0 heterocycles. The van der Waals surface area contributed by atoms with Crippen LogP contribution in [-0.4, -0.2) is 31.3 Å². The third kappa shape index (κ3) is 32.3. The van der Waals surface area contributed by atoms with Crippen molar-refractivity contribution in [1.29, 1.82) is 0 Å². The second kappa shape index (κ2) is 28.9. The van der Waals surface area contributed by atoms with E-state index in [1.165, 1.54) is 0 Å². The van der Waals surface area contributed by atoms with Crippen LogP contribution in [0.15, 0.2) is 0 Å². The topological polar surface area (TPSA) is 160 Å². The van der Waals surface area contributed by atoms with Crippen molar-refractivity contribution in [1.82, 2.24) is 6.15 Å². The molecule has 0 aliphatic heterocycles. The van der Waals surface area contributed by atoms with Gasteiger partial charge in [-0.05, 0) is 65.6 Å². The zero-order chi connectivity index (χ0) is 25.5. The van der Waals surface area contributed by atoms with E-state index in [0.717, 1.165) is 32.1 Å². The van der Waals surface area contributed by atoms with Crippen LogP contribution < -0.4 is 75.1 Å². The molecule has 0 rings (SSSR count). The molecule has 1 atom stereocenters. The van der Waals surface area contributed by atoms with Gasteiger partial charge in [-0.2, -0.15) is 0 Å². The molecule has 0 bridgehead atoms. The first-order chi connectivity index (χ1) is 16.3. The van der Waals surface area contributed by atoms with Crippen LogP contribution in [0.1, 0.15) is 67.6 Å². The maximum Gasteiger partial charge on any atom is 1.00 e. The summed E-state index contributed by atoms with van der Waals surface area (Å²) in [5.41, 5.74) is 0. The molecular weight excluding hydrogens is 519 g/mol. The number of carbonyl (C=O) groups is 2. The van der Waals surface area contributed by atoms with E-state index in [9.17, 15) is 23.9 Å². The molecule has 0 aliphatic rings. The molecule has 0 saturated carbocycles. The molecule has 0 fully saturated rings. The Morgan fingerprint density at radius 3 is 1.92 bits per heavy atom. The fourth-order valence-corrected chi connectivity index (χ4v) is 2.48. The number of unbranched alkanes of at least 4 members (excludes halogenated alkanes) is 5. The molecule has 0 spiro atoms. The zero-order valence-electron chi connectivity index (χ0n) is 21.4. The summed E-state index contributed by atoms with van der Waals surface area (Å²) in [6.07, 6.45) is 9.45. The minimum Gasteiger partial charge on any atom is -0.790 e. The predicted octanol–water partition coefficient (Wildman–Crippen LogP) is -2.44. The van der Waals surface area contributed by atoms with E-state index in [1.807, 2.05) is 5.92 Å². The van der Waals surface area contributed by atoms with Crippen LogP contribution in [0.2, 0.25) is 0 Å². The Labute approximate surface area is 280 Å². The van der Waals surface area contributed by atoms with Crippen LogP contribution in [0.4, 0.5) is 0 Å². The molecule has 3 N–H and O–H groups in total. The summed E-state index contributed by atoms with van der Waals surface area (Å²) in [7, 11) is -5.30. The molecule has 208 valence electrons. The molecule has 0 aromatic carbocycles. The molecule has 0 radical (unpaired) electrons. The van der Waals surface area contributed by atoms with Crippen LogP contribution in [0.5, 0.6) is 0 Å². The van der Waals surface area contributed by atoms with Gasteiger partial charge in [-0.15, -0.1) is 6.42 Å². The first kappa shape index (κ1) is 42.5. The Morgan fingerprint density at radius 1 is 0.865 bits per heavy atom. The van der Waals surface area contributed by atoms with E-state index in [0.29, 0.717) is 6.42 Å². The van der Waals surface area contributed by atoms with Gasteiger partial charge in [0.25, 0.3) is 0 Å². The Hall–Kier alpha value is -1.63. The first-order valence-corrected chi connectivity index (χ1v) is 11.7. The number of phosphoric ester groups is 1. The zero-order valence-corrected chi connectivity index (χ0v) is 26.3. The summed E-state index contributed by atoms with van der Waals surface area (Å²) in [4.78, 5) is 45.0. The van der Waals surface area contributed by atoms with Crippen molar-refractivity contribution in [2.75, 3.05) is 13.2 Å². The van der Waals surface area contributed by atoms with E-state index in [4.69, 9.17) is 15.9 Å². The van der Waals surface area contributed by atoms with Gasteiger partial charge in [-0.1, -0.05) is 39.0 Å². The molecule has 0 aliphatic carbocycles. The second-order valence-corrected chi connectivity index (χ2v) is 7.52. The van der Waals surface area contributed by atoms with Crippen molar-refractivity contribution >= 4 is 19.8 Å². The van der Waals surface area contributed by atoms with E-state index in [-0.39, 0.29) is 87.4 Å². The Balaban J connectivity index is -0.0000000598. The van der Waals surface area contributed by atoms with Gasteiger partial charge in [-0.3, -0.25) is 4.79 Å². The monoisotopic (exact) mass is 567 g/mol. The van der Waals surface area contributed by atoms with Gasteiger partial charge in [0.2, 0.25) is 0 Å². The molecule has 9 nitrogen and oxygen atoms in total. The van der Waals surface area contributed by atoms with Crippen LogP contribution in [-0.2, 0) is 28.2 Å². The Bertz CT molecular complexity index is 1120. The molecule has 0 unspecified atom stereocenters. The molecule has 0 amide bonds. The van der Waals surface area contributed by atoms with Crippen LogP contribution in [0.3, 0.4) is 0 Å². The smallest absolute Gasteiger partial charge is 0.790 e. The van der Waals surface area contributed by atoms with Gasteiger partial charge < -0.3 is 34.5 Å². The van der Waals surface area contributed by atoms with Gasteiger partial charge in [-0.25, -0.2) is 4.79 Å². The van der Waals surface area contributed by atoms with Crippen molar-refractivity contribution in [2.45, 2.75) is 58.0 Å². The van der Waals surface area contributed by atoms with Gasteiger partial charge >= 0.3 is 71.1 Å². The molecule has 12 heteroatoms. The van der Waals surface area contributed by atoms with Gasteiger partial charge in [0.15, 0.2) is 6.10 Å². The van der Waals surface area contributed by atoms with Crippen molar-refractivity contribution in [3.05, 3.63) is 0 Å². The SMILES string of the molecule is C#CC#CC#CC#CC#CC#CC(=O)OC[C@@H](COP(=O)([O-])[O-])OC(=O)CCCCCCCC.N.[HH].[HH].[HH].[HH].[HH].[HH].[HH].[HH].[HH].[HH].[HH].[Na+].[Na+]. The number of terminal acetylenes is 1. The second-order valence-electron chi connectivity index (χ2n) is 6.37. The summed E-state index contributed by atoms with van der Waals surface area (Å²) < 4.78 is 24.7. The van der Waals surface area contributed by atoms with E-state index >= 15 is 0 Å². The molecule has 0 aromatic rings. The number of rotatable bonds is 13. The maximum absolute atomic E-state index is 12.0. The minimum absolute atomic E-state index is 0. The number of carbonyl (C=O) groups excluding carboxylic acids is 2. The van der Waals surface area contributed by atoms with Crippen molar-refractivity contribution in [2.24, 2.45) is 0 Å². The number of esters is 2. The van der Waals surface area contributed by atoms with Crippen molar-refractivity contribution in [3.63, 3.8) is 0 Å². The average Bonchev–Trinajstić information content (AvgIpc) is 2.78. The summed E-state index contributed by atoms with van der Waals surface area (Å²) in [5.74, 6) is 23.4. The van der Waals surface area contributed by atoms with E-state index in [1.54, 1.807) is 0 Å². The minimum atomic E-state index is -5.30. The van der Waals surface area contributed by atoms with Crippen LogP contribution in [0, 0.1) is 71.5 Å². The average molecular weight is 568 g/mol. The summed E-state index contributed by atoms with van der Waals surface area (Å²) >= 11 is 0. The molecular formula is C25H48NNa2O8P. The molecule has 0 saturated heterocycles. The summed E-state index contributed by atoms with van der Waals surface area (Å²) in [6.45, 7) is 0.758. The first-order valence-electron chi connectivity index (χ1n) is 10.3. The number of hydrogen-bond acceptors (Lipinski definition) is 9. The van der Waals surface area contributed by atoms with Gasteiger partial charge in [0.05, 0.1) is 14.4 Å². The van der Waals surface area contributed by atoms with Gasteiger partial charge in [0.1, 0.15) is 6.61 Å². The Kier molecular flexibility index (Phi) is 33.2. The standard InChI is InChI=1S/C25H25O8P.H3N.2Na.11H2/c1-3-5-7-9-11-12-13-14-16-17-19-24(26)31-21-23(22-32-34(28,29)30)33-25(27)20-18-15-10-8-6-4-2;;;;;;;;;;;;;;/h1,23H,4,6,8,10,15,18,20-22H2,2H3,(H2,28,29,30);1H3;;;11*1H/q;;2*+1;;;;;;;;;;;/p-2/t23-;;;;;;;;;;;;;;/m0............../s1.